The Morgan fingerprint density at radius 1 is 1.04 bits per heavy atom. The lowest BCUT2D eigenvalue weighted by Gasteiger charge is -2.37. The summed E-state index contributed by atoms with van der Waals surface area (Å²) in [5.74, 6) is 0.909. The molecule has 2 amide bonds. The van der Waals surface area contributed by atoms with Crippen LogP contribution in [0.15, 0.2) is 48.5 Å². The van der Waals surface area contributed by atoms with Crippen molar-refractivity contribution in [3.8, 4) is 5.75 Å². The van der Waals surface area contributed by atoms with Crippen LogP contribution in [0.4, 0.5) is 10.5 Å². The van der Waals surface area contributed by atoms with Crippen molar-refractivity contribution in [1.29, 1.82) is 0 Å². The molecule has 1 fully saturated rings. The number of carbonyl (C=O) groups excluding carboxylic acids is 1. The Balaban J connectivity index is 1.55. The van der Waals surface area contributed by atoms with Crippen molar-refractivity contribution in [3.63, 3.8) is 0 Å². The zero-order valence-corrected chi connectivity index (χ0v) is 17.1. The average Bonchev–Trinajstić information content (AvgIpc) is 2.74. The molecule has 0 spiro atoms. The number of ether oxygens (including phenoxy) is 1. The van der Waals surface area contributed by atoms with Crippen LogP contribution in [0.2, 0.25) is 0 Å². The van der Waals surface area contributed by atoms with Gasteiger partial charge in [0.1, 0.15) is 5.75 Å². The second-order valence-electron chi connectivity index (χ2n) is 7.14. The molecule has 1 N–H and O–H groups in total. The van der Waals surface area contributed by atoms with Crippen LogP contribution >= 0.6 is 0 Å². The minimum absolute atomic E-state index is 0.00445. The molecular formula is C23H31N3O2. The fourth-order valence-corrected chi connectivity index (χ4v) is 3.55. The maximum Gasteiger partial charge on any atom is 0.317 e. The van der Waals surface area contributed by atoms with Gasteiger partial charge in [-0.15, -0.1) is 0 Å². The third kappa shape index (κ3) is 4.77. The highest BCUT2D eigenvalue weighted by Crippen LogP contribution is 2.28. The Bertz CT molecular complexity index is 768. The van der Waals surface area contributed by atoms with E-state index in [0.717, 1.165) is 36.5 Å². The van der Waals surface area contributed by atoms with Crippen LogP contribution in [-0.2, 0) is 6.42 Å². The lowest BCUT2D eigenvalue weighted by Crippen LogP contribution is -2.52. The smallest absolute Gasteiger partial charge is 0.317 e. The molecule has 0 aliphatic carbocycles. The van der Waals surface area contributed by atoms with Crippen LogP contribution in [-0.4, -0.2) is 43.7 Å². The van der Waals surface area contributed by atoms with Crippen molar-refractivity contribution in [2.75, 3.05) is 37.7 Å². The van der Waals surface area contributed by atoms with Gasteiger partial charge in [0, 0.05) is 26.2 Å². The Labute approximate surface area is 168 Å². The number of aryl methyl sites for hydroxylation is 1. The lowest BCUT2D eigenvalue weighted by molar-refractivity contribution is 0.191. The zero-order valence-electron chi connectivity index (χ0n) is 17.1. The third-order valence-electron chi connectivity index (χ3n) is 5.30. The Morgan fingerprint density at radius 2 is 1.71 bits per heavy atom. The molecule has 1 aliphatic heterocycles. The quantitative estimate of drug-likeness (QED) is 0.814. The summed E-state index contributed by atoms with van der Waals surface area (Å²) in [6.45, 7) is 9.84. The normalized spacial score (nSPS) is 15.2. The first-order valence-corrected chi connectivity index (χ1v) is 10.2. The van der Waals surface area contributed by atoms with E-state index in [0.29, 0.717) is 19.7 Å². The van der Waals surface area contributed by atoms with E-state index in [9.17, 15) is 4.79 Å². The summed E-state index contributed by atoms with van der Waals surface area (Å²) >= 11 is 0. The number of para-hydroxylation sites is 2. The standard InChI is InChI=1S/C23H31N3O2/c1-4-19-10-12-20(13-11-19)18(3)24-23(27)26-16-14-25(15-17-26)21-8-6-7-9-22(21)28-5-2/h6-13,18H,4-5,14-17H2,1-3H3,(H,24,27). The highest BCUT2D eigenvalue weighted by molar-refractivity contribution is 5.75. The molecule has 5 heteroatoms. The van der Waals surface area contributed by atoms with Gasteiger partial charge < -0.3 is 19.9 Å². The number of hydrogen-bond donors (Lipinski definition) is 1. The van der Waals surface area contributed by atoms with Gasteiger partial charge in [0.05, 0.1) is 18.3 Å². The molecule has 1 unspecified atom stereocenters. The number of anilines is 1. The summed E-state index contributed by atoms with van der Waals surface area (Å²) in [6.07, 6.45) is 1.03. The van der Waals surface area contributed by atoms with Gasteiger partial charge in [-0.25, -0.2) is 4.79 Å². The SMILES string of the molecule is CCOc1ccccc1N1CCN(C(=O)NC(C)c2ccc(CC)cc2)CC1. The summed E-state index contributed by atoms with van der Waals surface area (Å²) < 4.78 is 5.75. The predicted octanol–water partition coefficient (Wildman–Crippen LogP) is 4.24. The minimum atomic E-state index is -0.00452. The Hall–Kier alpha value is -2.69. The van der Waals surface area contributed by atoms with Crippen molar-refractivity contribution in [2.24, 2.45) is 0 Å². The highest BCUT2D eigenvalue weighted by Gasteiger charge is 2.24. The number of rotatable bonds is 6. The van der Waals surface area contributed by atoms with Crippen LogP contribution < -0.4 is 15.0 Å². The topological polar surface area (TPSA) is 44.8 Å². The highest BCUT2D eigenvalue weighted by atomic mass is 16.5. The van der Waals surface area contributed by atoms with E-state index >= 15 is 0 Å². The van der Waals surface area contributed by atoms with Gasteiger partial charge >= 0.3 is 6.03 Å². The first-order valence-electron chi connectivity index (χ1n) is 10.2. The van der Waals surface area contributed by atoms with Crippen molar-refractivity contribution in [3.05, 3.63) is 59.7 Å². The van der Waals surface area contributed by atoms with E-state index in [1.807, 2.05) is 36.9 Å². The van der Waals surface area contributed by atoms with Gasteiger partial charge in [0.25, 0.3) is 0 Å². The summed E-state index contributed by atoms with van der Waals surface area (Å²) in [5.41, 5.74) is 3.55. The van der Waals surface area contributed by atoms with Crippen LogP contribution in [0, 0.1) is 0 Å². The van der Waals surface area contributed by atoms with Gasteiger partial charge in [-0.05, 0) is 43.5 Å². The van der Waals surface area contributed by atoms with E-state index in [-0.39, 0.29) is 12.1 Å². The van der Waals surface area contributed by atoms with Gasteiger partial charge in [-0.2, -0.15) is 0 Å². The molecule has 1 heterocycles. The van der Waals surface area contributed by atoms with Crippen molar-refractivity contribution < 1.29 is 9.53 Å². The zero-order chi connectivity index (χ0) is 19.9. The Kier molecular flexibility index (Phi) is 6.80. The van der Waals surface area contributed by atoms with E-state index in [1.165, 1.54) is 5.56 Å². The van der Waals surface area contributed by atoms with Gasteiger partial charge in [0.15, 0.2) is 0 Å². The molecule has 0 bridgehead atoms. The summed E-state index contributed by atoms with van der Waals surface area (Å²) in [7, 11) is 0. The van der Waals surface area contributed by atoms with Crippen molar-refractivity contribution in [2.45, 2.75) is 33.2 Å². The summed E-state index contributed by atoms with van der Waals surface area (Å²) in [4.78, 5) is 16.9. The first-order chi connectivity index (χ1) is 13.6. The number of benzene rings is 2. The van der Waals surface area contributed by atoms with E-state index in [2.05, 4.69) is 47.5 Å². The number of nitrogens with zero attached hydrogens (tertiary/aromatic N) is 2. The van der Waals surface area contributed by atoms with Crippen LogP contribution in [0.25, 0.3) is 0 Å². The van der Waals surface area contributed by atoms with E-state index in [1.54, 1.807) is 0 Å². The third-order valence-corrected chi connectivity index (χ3v) is 5.30. The number of carbonyl (C=O) groups is 1. The molecule has 1 aliphatic rings. The lowest BCUT2D eigenvalue weighted by atomic mass is 10.1. The molecule has 0 saturated carbocycles. The molecule has 0 radical (unpaired) electrons. The molecule has 1 saturated heterocycles. The minimum Gasteiger partial charge on any atom is -0.492 e. The maximum atomic E-state index is 12.7. The molecular weight excluding hydrogens is 350 g/mol. The molecule has 1 atom stereocenters. The van der Waals surface area contributed by atoms with Crippen LogP contribution in [0.1, 0.15) is 37.9 Å². The Morgan fingerprint density at radius 3 is 2.36 bits per heavy atom. The number of nitrogens with one attached hydrogen (secondary N) is 1. The fourth-order valence-electron chi connectivity index (χ4n) is 3.55. The largest absolute Gasteiger partial charge is 0.492 e. The van der Waals surface area contributed by atoms with Crippen LogP contribution in [0.5, 0.6) is 5.75 Å². The average molecular weight is 382 g/mol. The molecule has 28 heavy (non-hydrogen) atoms. The first kappa shape index (κ1) is 20.1. The molecule has 0 aromatic heterocycles. The van der Waals surface area contributed by atoms with Crippen molar-refractivity contribution >= 4 is 11.7 Å². The number of urea groups is 1. The van der Waals surface area contributed by atoms with Gasteiger partial charge in [-0.1, -0.05) is 43.3 Å². The predicted molar refractivity (Wildman–Crippen MR) is 114 cm³/mol. The second kappa shape index (κ2) is 9.49. The number of hydrogen-bond acceptors (Lipinski definition) is 3. The molecule has 2 aromatic carbocycles. The van der Waals surface area contributed by atoms with Gasteiger partial charge in [0.2, 0.25) is 0 Å². The molecule has 2 aromatic rings. The molecule has 3 rings (SSSR count). The van der Waals surface area contributed by atoms with E-state index < -0.39 is 0 Å². The number of piperazine rings is 1. The molecule has 5 nitrogen and oxygen atoms in total. The maximum absolute atomic E-state index is 12.7. The van der Waals surface area contributed by atoms with Crippen LogP contribution in [0.3, 0.4) is 0 Å². The second-order valence-corrected chi connectivity index (χ2v) is 7.14. The van der Waals surface area contributed by atoms with Crippen molar-refractivity contribution in [1.82, 2.24) is 10.2 Å². The summed E-state index contributed by atoms with van der Waals surface area (Å²) in [6, 6.07) is 16.6. The molecule has 150 valence electrons. The summed E-state index contributed by atoms with van der Waals surface area (Å²) in [5, 5.41) is 3.13. The van der Waals surface area contributed by atoms with Gasteiger partial charge in [-0.3, -0.25) is 0 Å². The number of amides is 2. The van der Waals surface area contributed by atoms with E-state index in [4.69, 9.17) is 4.74 Å². The monoisotopic (exact) mass is 381 g/mol. The fraction of sp³-hybridized carbons (Fsp3) is 0.435.